The second kappa shape index (κ2) is 3.32. The molecule has 3 nitrogen and oxygen atoms in total. The van der Waals surface area contributed by atoms with E-state index in [0.29, 0.717) is 5.92 Å². The van der Waals surface area contributed by atoms with Crippen molar-refractivity contribution >= 4 is 5.57 Å². The summed E-state index contributed by atoms with van der Waals surface area (Å²) in [6.07, 6.45) is 5.35. The summed E-state index contributed by atoms with van der Waals surface area (Å²) in [5, 5.41) is 4.15. The van der Waals surface area contributed by atoms with Crippen LogP contribution in [0.15, 0.2) is 12.9 Å². The quantitative estimate of drug-likeness (QED) is 0.708. The zero-order chi connectivity index (χ0) is 9.26. The van der Waals surface area contributed by atoms with Crippen molar-refractivity contribution in [3.8, 4) is 0 Å². The Bertz CT molecular complexity index is 314. The molecule has 1 aromatic rings. The summed E-state index contributed by atoms with van der Waals surface area (Å²) < 4.78 is 1.96. The van der Waals surface area contributed by atoms with Crippen molar-refractivity contribution in [2.24, 2.45) is 5.92 Å². The molecule has 1 aliphatic heterocycles. The van der Waals surface area contributed by atoms with Gasteiger partial charge in [0, 0.05) is 5.92 Å². The smallest absolute Gasteiger partial charge is 0.153 e. The van der Waals surface area contributed by atoms with Gasteiger partial charge in [-0.05, 0) is 12.0 Å². The van der Waals surface area contributed by atoms with Gasteiger partial charge in [-0.3, -0.25) is 0 Å². The van der Waals surface area contributed by atoms with Gasteiger partial charge in [-0.1, -0.05) is 26.3 Å². The van der Waals surface area contributed by atoms with Crippen molar-refractivity contribution in [3.05, 3.63) is 18.7 Å². The largest absolute Gasteiger partial charge is 0.245 e. The fourth-order valence-electron chi connectivity index (χ4n) is 1.86. The first-order chi connectivity index (χ1) is 6.33. The minimum Gasteiger partial charge on any atom is -0.245 e. The van der Waals surface area contributed by atoms with Crippen molar-refractivity contribution in [2.75, 3.05) is 0 Å². The first-order valence-corrected chi connectivity index (χ1v) is 4.90. The summed E-state index contributed by atoms with van der Waals surface area (Å²) in [5.74, 6) is 1.57. The molecule has 0 spiro atoms. The molecule has 0 aliphatic carbocycles. The first-order valence-electron chi connectivity index (χ1n) is 4.90. The van der Waals surface area contributed by atoms with Crippen molar-refractivity contribution in [3.63, 3.8) is 0 Å². The lowest BCUT2D eigenvalue weighted by atomic mass is 9.97. The van der Waals surface area contributed by atoms with Gasteiger partial charge in [0.25, 0.3) is 0 Å². The maximum absolute atomic E-state index is 4.19. The molecule has 0 aromatic carbocycles. The van der Waals surface area contributed by atoms with E-state index < -0.39 is 0 Å². The van der Waals surface area contributed by atoms with Crippen LogP contribution in [0.25, 0.3) is 5.57 Å². The molecule has 1 unspecified atom stereocenters. The van der Waals surface area contributed by atoms with E-state index in [1.807, 2.05) is 4.68 Å². The van der Waals surface area contributed by atoms with Gasteiger partial charge in [0.2, 0.25) is 0 Å². The Kier molecular flexibility index (Phi) is 2.17. The summed E-state index contributed by atoms with van der Waals surface area (Å²) in [4.78, 5) is 4.19. The van der Waals surface area contributed by atoms with Gasteiger partial charge >= 0.3 is 0 Å². The Labute approximate surface area is 78.5 Å². The molecule has 0 radical (unpaired) electrons. The maximum atomic E-state index is 4.19. The average molecular weight is 177 g/mol. The summed E-state index contributed by atoms with van der Waals surface area (Å²) in [5.41, 5.74) is 1.17. The van der Waals surface area contributed by atoms with Gasteiger partial charge in [0.1, 0.15) is 6.33 Å². The summed E-state index contributed by atoms with van der Waals surface area (Å²) in [7, 11) is 0. The van der Waals surface area contributed by atoms with Crippen molar-refractivity contribution in [1.82, 2.24) is 14.8 Å². The van der Waals surface area contributed by atoms with Crippen molar-refractivity contribution in [1.29, 1.82) is 0 Å². The number of unbranched alkanes of at least 4 members (excludes halogenated alkanes) is 1. The Hall–Kier alpha value is -1.12. The highest BCUT2D eigenvalue weighted by molar-refractivity contribution is 5.61. The number of nitrogens with zero attached hydrogens (tertiary/aromatic N) is 3. The zero-order valence-electron chi connectivity index (χ0n) is 8.03. The molecule has 3 heteroatoms. The van der Waals surface area contributed by atoms with E-state index in [1.165, 1.54) is 24.8 Å². The third kappa shape index (κ3) is 1.39. The third-order valence-electron chi connectivity index (χ3n) is 2.70. The molecule has 0 saturated heterocycles. The maximum Gasteiger partial charge on any atom is 0.153 e. The van der Waals surface area contributed by atoms with Crippen LogP contribution in [0, 0.1) is 5.92 Å². The van der Waals surface area contributed by atoms with E-state index in [0.717, 1.165) is 12.4 Å². The molecule has 1 aliphatic rings. The van der Waals surface area contributed by atoms with E-state index in [2.05, 4.69) is 23.6 Å². The van der Waals surface area contributed by atoms with Crippen LogP contribution in [0.2, 0.25) is 0 Å². The van der Waals surface area contributed by atoms with Gasteiger partial charge in [-0.15, -0.1) is 0 Å². The zero-order valence-corrected chi connectivity index (χ0v) is 8.03. The molecule has 13 heavy (non-hydrogen) atoms. The van der Waals surface area contributed by atoms with Crippen LogP contribution in [0.5, 0.6) is 0 Å². The van der Waals surface area contributed by atoms with Crippen molar-refractivity contribution in [2.45, 2.75) is 32.7 Å². The second-order valence-electron chi connectivity index (χ2n) is 3.63. The number of rotatable bonds is 3. The highest BCUT2D eigenvalue weighted by Gasteiger charge is 2.26. The lowest BCUT2D eigenvalue weighted by Gasteiger charge is -2.07. The van der Waals surface area contributed by atoms with Gasteiger partial charge < -0.3 is 0 Å². The summed E-state index contributed by atoms with van der Waals surface area (Å²) in [6.45, 7) is 7.28. The van der Waals surface area contributed by atoms with Crippen LogP contribution in [-0.4, -0.2) is 14.8 Å². The molecule has 70 valence electrons. The van der Waals surface area contributed by atoms with Gasteiger partial charge in [0.15, 0.2) is 5.82 Å². The minimum absolute atomic E-state index is 0.580. The van der Waals surface area contributed by atoms with Crippen molar-refractivity contribution < 1.29 is 0 Å². The highest BCUT2D eigenvalue weighted by atomic mass is 15.3. The number of aromatic nitrogens is 3. The van der Waals surface area contributed by atoms with Gasteiger partial charge in [-0.25, -0.2) is 9.67 Å². The molecule has 0 saturated carbocycles. The van der Waals surface area contributed by atoms with Crippen LogP contribution in [0.3, 0.4) is 0 Å². The van der Waals surface area contributed by atoms with Gasteiger partial charge in [-0.2, -0.15) is 5.10 Å². The number of hydrogen-bond acceptors (Lipinski definition) is 2. The molecule has 0 fully saturated rings. The molecule has 2 heterocycles. The monoisotopic (exact) mass is 177 g/mol. The standard InChI is InChI=1S/C10H15N3/c1-3-4-5-9-6-13-10(8(9)2)11-7-12-13/h7,9H,2-6H2,1H3. The molecule has 0 amide bonds. The Morgan fingerprint density at radius 3 is 3.23 bits per heavy atom. The van der Waals surface area contributed by atoms with E-state index in [1.54, 1.807) is 6.33 Å². The Balaban J connectivity index is 2.06. The second-order valence-corrected chi connectivity index (χ2v) is 3.63. The fourth-order valence-corrected chi connectivity index (χ4v) is 1.86. The first kappa shape index (κ1) is 8.48. The molecule has 1 aromatic heterocycles. The van der Waals surface area contributed by atoms with Crippen LogP contribution in [0.4, 0.5) is 0 Å². The Morgan fingerprint density at radius 1 is 1.69 bits per heavy atom. The van der Waals surface area contributed by atoms with E-state index in [4.69, 9.17) is 0 Å². The predicted octanol–water partition coefficient (Wildman–Crippen LogP) is 2.11. The lowest BCUT2D eigenvalue weighted by molar-refractivity contribution is 0.495. The number of allylic oxidation sites excluding steroid dienone is 1. The number of fused-ring (bicyclic) bond motifs is 1. The minimum atomic E-state index is 0.580. The Morgan fingerprint density at radius 2 is 2.54 bits per heavy atom. The normalized spacial score (nSPS) is 20.7. The lowest BCUT2D eigenvalue weighted by Crippen LogP contribution is -2.02. The number of hydrogen-bond donors (Lipinski definition) is 0. The highest BCUT2D eigenvalue weighted by Crippen LogP contribution is 2.31. The van der Waals surface area contributed by atoms with E-state index in [9.17, 15) is 0 Å². The molecule has 1 atom stereocenters. The molecule has 2 rings (SSSR count). The fraction of sp³-hybridized carbons (Fsp3) is 0.600. The SMILES string of the molecule is C=C1c2ncnn2CC1CCCC. The molecular formula is C10H15N3. The van der Waals surface area contributed by atoms with E-state index in [-0.39, 0.29) is 0 Å². The van der Waals surface area contributed by atoms with E-state index >= 15 is 0 Å². The van der Waals surface area contributed by atoms with Crippen LogP contribution < -0.4 is 0 Å². The van der Waals surface area contributed by atoms with Crippen LogP contribution in [0.1, 0.15) is 32.0 Å². The third-order valence-corrected chi connectivity index (χ3v) is 2.70. The topological polar surface area (TPSA) is 30.7 Å². The van der Waals surface area contributed by atoms with Crippen LogP contribution >= 0.6 is 0 Å². The summed E-state index contributed by atoms with van der Waals surface area (Å²) >= 11 is 0. The van der Waals surface area contributed by atoms with Gasteiger partial charge in [0.05, 0.1) is 6.54 Å². The molecule has 0 bridgehead atoms. The van der Waals surface area contributed by atoms with Crippen LogP contribution in [-0.2, 0) is 6.54 Å². The molecular weight excluding hydrogens is 162 g/mol. The molecule has 0 N–H and O–H groups in total. The average Bonchev–Trinajstić information content (AvgIpc) is 2.67. The summed E-state index contributed by atoms with van der Waals surface area (Å²) in [6, 6.07) is 0. The predicted molar refractivity (Wildman–Crippen MR) is 52.1 cm³/mol.